The summed E-state index contributed by atoms with van der Waals surface area (Å²) in [6.45, 7) is 0. The number of rotatable bonds is 4. The smallest absolute Gasteiger partial charge is 0.329 e. The third-order valence-electron chi connectivity index (χ3n) is 3.34. The number of hydrogen-bond donors (Lipinski definition) is 2. The summed E-state index contributed by atoms with van der Waals surface area (Å²) in [5, 5.41) is 23.1. The van der Waals surface area contributed by atoms with Crippen molar-refractivity contribution in [3.63, 3.8) is 0 Å². The van der Waals surface area contributed by atoms with Crippen LogP contribution in [0.5, 0.6) is 0 Å². The Balaban J connectivity index is 2.33. The third kappa shape index (κ3) is 2.13. The van der Waals surface area contributed by atoms with E-state index in [0.717, 1.165) is 12.8 Å². The average Bonchev–Trinajstić information content (AvgIpc) is 2.79. The number of benzene rings is 1. The van der Waals surface area contributed by atoms with Crippen molar-refractivity contribution in [2.24, 2.45) is 0 Å². The molecule has 6 nitrogen and oxygen atoms in total. The van der Waals surface area contributed by atoms with E-state index in [2.05, 4.69) is 5.32 Å². The van der Waals surface area contributed by atoms with Crippen LogP contribution in [0.1, 0.15) is 25.7 Å². The Morgan fingerprint density at radius 2 is 1.94 bits per heavy atom. The van der Waals surface area contributed by atoms with Crippen molar-refractivity contribution in [1.82, 2.24) is 0 Å². The van der Waals surface area contributed by atoms with Gasteiger partial charge in [-0.1, -0.05) is 25.0 Å². The lowest BCUT2D eigenvalue weighted by atomic mass is 9.97. The maximum Gasteiger partial charge on any atom is 0.329 e. The van der Waals surface area contributed by atoms with Gasteiger partial charge >= 0.3 is 5.97 Å². The van der Waals surface area contributed by atoms with Crippen LogP contribution >= 0.6 is 0 Å². The van der Waals surface area contributed by atoms with Crippen LogP contribution in [0.4, 0.5) is 11.4 Å². The van der Waals surface area contributed by atoms with E-state index in [4.69, 9.17) is 0 Å². The van der Waals surface area contributed by atoms with Crippen LogP contribution in [0, 0.1) is 10.1 Å². The molecule has 0 bridgehead atoms. The fourth-order valence-corrected chi connectivity index (χ4v) is 2.37. The number of carboxylic acid groups (broad SMARTS) is 1. The maximum atomic E-state index is 11.4. The van der Waals surface area contributed by atoms with E-state index in [1.54, 1.807) is 18.2 Å². The summed E-state index contributed by atoms with van der Waals surface area (Å²) in [6, 6.07) is 6.12. The van der Waals surface area contributed by atoms with Crippen LogP contribution in [0.15, 0.2) is 24.3 Å². The largest absolute Gasteiger partial charge is 0.480 e. The minimum Gasteiger partial charge on any atom is -0.480 e. The van der Waals surface area contributed by atoms with Crippen LogP contribution in [0.25, 0.3) is 0 Å². The summed E-state index contributed by atoms with van der Waals surface area (Å²) >= 11 is 0. The van der Waals surface area contributed by atoms with E-state index in [1.165, 1.54) is 6.07 Å². The van der Waals surface area contributed by atoms with Crippen LogP contribution < -0.4 is 5.32 Å². The van der Waals surface area contributed by atoms with E-state index in [9.17, 15) is 20.0 Å². The third-order valence-corrected chi connectivity index (χ3v) is 3.34. The first-order chi connectivity index (χ1) is 8.55. The van der Waals surface area contributed by atoms with Gasteiger partial charge in [0, 0.05) is 6.07 Å². The van der Waals surface area contributed by atoms with Crippen molar-refractivity contribution >= 4 is 17.3 Å². The molecule has 0 aromatic heterocycles. The summed E-state index contributed by atoms with van der Waals surface area (Å²) in [6.07, 6.45) is 2.63. The minimum absolute atomic E-state index is 0.0926. The predicted octanol–water partition coefficient (Wildman–Crippen LogP) is 2.40. The van der Waals surface area contributed by atoms with Crippen LogP contribution in [0.2, 0.25) is 0 Å². The number of aliphatic carboxylic acids is 1. The molecule has 1 fully saturated rings. The molecule has 1 saturated carbocycles. The van der Waals surface area contributed by atoms with Crippen molar-refractivity contribution in [1.29, 1.82) is 0 Å². The van der Waals surface area contributed by atoms with Crippen LogP contribution in [-0.2, 0) is 4.79 Å². The molecule has 96 valence electrons. The Labute approximate surface area is 104 Å². The molecule has 1 aliphatic carbocycles. The quantitative estimate of drug-likeness (QED) is 0.632. The second-order valence-corrected chi connectivity index (χ2v) is 4.49. The molecule has 18 heavy (non-hydrogen) atoms. The normalized spacial score (nSPS) is 17.3. The van der Waals surface area contributed by atoms with Gasteiger partial charge in [0.1, 0.15) is 11.2 Å². The van der Waals surface area contributed by atoms with Crippen LogP contribution in [-0.4, -0.2) is 21.5 Å². The molecule has 0 saturated heterocycles. The summed E-state index contributed by atoms with van der Waals surface area (Å²) < 4.78 is 0. The second-order valence-electron chi connectivity index (χ2n) is 4.49. The molecule has 0 radical (unpaired) electrons. The summed E-state index contributed by atoms with van der Waals surface area (Å²) in [4.78, 5) is 21.8. The lowest BCUT2D eigenvalue weighted by Gasteiger charge is -2.26. The first-order valence-electron chi connectivity index (χ1n) is 5.80. The Hall–Kier alpha value is -2.11. The number of carboxylic acids is 1. The molecule has 0 unspecified atom stereocenters. The van der Waals surface area contributed by atoms with Gasteiger partial charge in [-0.05, 0) is 18.9 Å². The van der Waals surface area contributed by atoms with Gasteiger partial charge in [0.2, 0.25) is 0 Å². The van der Waals surface area contributed by atoms with Gasteiger partial charge in [-0.15, -0.1) is 0 Å². The summed E-state index contributed by atoms with van der Waals surface area (Å²) in [7, 11) is 0. The molecule has 0 atom stereocenters. The fraction of sp³-hybridized carbons (Fsp3) is 0.417. The SMILES string of the molecule is O=C(O)C1(Nc2ccccc2[N+](=O)[O-])CCCC1. The number of nitrogens with one attached hydrogen (secondary N) is 1. The molecule has 0 spiro atoms. The molecule has 0 heterocycles. The van der Waals surface area contributed by atoms with E-state index in [0.29, 0.717) is 12.8 Å². The zero-order chi connectivity index (χ0) is 13.2. The predicted molar refractivity (Wildman–Crippen MR) is 65.6 cm³/mol. The van der Waals surface area contributed by atoms with Crippen LogP contribution in [0.3, 0.4) is 0 Å². The second kappa shape index (κ2) is 4.64. The molecular formula is C12H14N2O4. The molecule has 1 aliphatic rings. The number of anilines is 1. The van der Waals surface area contributed by atoms with Crippen molar-refractivity contribution in [3.8, 4) is 0 Å². The monoisotopic (exact) mass is 250 g/mol. The Kier molecular flexibility index (Phi) is 3.18. The summed E-state index contributed by atoms with van der Waals surface area (Å²) in [5.74, 6) is -0.946. The number of para-hydroxylation sites is 2. The number of hydrogen-bond acceptors (Lipinski definition) is 4. The van der Waals surface area contributed by atoms with Gasteiger partial charge in [-0.2, -0.15) is 0 Å². The zero-order valence-electron chi connectivity index (χ0n) is 9.76. The highest BCUT2D eigenvalue weighted by molar-refractivity contribution is 5.84. The molecule has 0 amide bonds. The maximum absolute atomic E-state index is 11.4. The van der Waals surface area contributed by atoms with Gasteiger partial charge in [0.05, 0.1) is 4.92 Å². The van der Waals surface area contributed by atoms with Gasteiger partial charge in [0.25, 0.3) is 5.69 Å². The molecular weight excluding hydrogens is 236 g/mol. The van der Waals surface area contributed by atoms with Gasteiger partial charge < -0.3 is 10.4 Å². The first-order valence-corrected chi connectivity index (χ1v) is 5.80. The van der Waals surface area contributed by atoms with E-state index < -0.39 is 16.4 Å². The highest BCUT2D eigenvalue weighted by atomic mass is 16.6. The molecule has 1 aromatic carbocycles. The zero-order valence-corrected chi connectivity index (χ0v) is 9.76. The standard InChI is InChI=1S/C12H14N2O4/c15-11(16)12(7-3-4-8-12)13-9-5-1-2-6-10(9)14(17)18/h1-2,5-6,13H,3-4,7-8H2,(H,15,16). The lowest BCUT2D eigenvalue weighted by molar-refractivity contribution is -0.384. The number of nitrogens with zero attached hydrogens (tertiary/aromatic N) is 1. The molecule has 2 N–H and O–H groups in total. The fourth-order valence-electron chi connectivity index (χ4n) is 2.37. The van der Waals surface area contributed by atoms with Gasteiger partial charge in [-0.3, -0.25) is 10.1 Å². The Morgan fingerprint density at radius 1 is 1.33 bits per heavy atom. The molecule has 2 rings (SSSR count). The minimum atomic E-state index is -1.06. The highest BCUT2D eigenvalue weighted by Crippen LogP contribution is 2.36. The van der Waals surface area contributed by atoms with E-state index >= 15 is 0 Å². The Morgan fingerprint density at radius 3 is 2.50 bits per heavy atom. The number of nitro groups is 1. The Bertz CT molecular complexity index is 481. The van der Waals surface area contributed by atoms with Crippen molar-refractivity contribution in [2.75, 3.05) is 5.32 Å². The number of carbonyl (C=O) groups is 1. The molecule has 0 aliphatic heterocycles. The lowest BCUT2D eigenvalue weighted by Crippen LogP contribution is -2.43. The van der Waals surface area contributed by atoms with Crippen molar-refractivity contribution < 1.29 is 14.8 Å². The topological polar surface area (TPSA) is 92.5 Å². The van der Waals surface area contributed by atoms with E-state index in [1.807, 2.05) is 0 Å². The van der Waals surface area contributed by atoms with Crippen molar-refractivity contribution in [3.05, 3.63) is 34.4 Å². The summed E-state index contributed by atoms with van der Waals surface area (Å²) in [5.41, 5.74) is -0.886. The average molecular weight is 250 g/mol. The number of nitro benzene ring substituents is 1. The van der Waals surface area contributed by atoms with Gasteiger partial charge in [-0.25, -0.2) is 4.79 Å². The van der Waals surface area contributed by atoms with Crippen molar-refractivity contribution in [2.45, 2.75) is 31.2 Å². The molecule has 6 heteroatoms. The highest BCUT2D eigenvalue weighted by Gasteiger charge is 2.42. The first kappa shape index (κ1) is 12.3. The molecule has 1 aromatic rings. The van der Waals surface area contributed by atoms with Gasteiger partial charge in [0.15, 0.2) is 0 Å². The van der Waals surface area contributed by atoms with E-state index in [-0.39, 0.29) is 11.4 Å².